The molecule has 1 aliphatic rings. The number of hydrogen-bond donors (Lipinski definition) is 1. The van der Waals surface area contributed by atoms with Crippen LogP contribution in [-0.2, 0) is 0 Å². The topological polar surface area (TPSA) is 23.5 Å². The van der Waals surface area contributed by atoms with Gasteiger partial charge < -0.3 is 5.11 Å². The number of likely N-dealkylation sites (tertiary alicyclic amines) is 1. The molecule has 1 rings (SSSR count). The van der Waals surface area contributed by atoms with Crippen molar-refractivity contribution in [2.75, 3.05) is 6.54 Å². The first kappa shape index (κ1) is 10.0. The third-order valence-corrected chi connectivity index (χ3v) is 3.10. The largest absolute Gasteiger partial charge is 0.392 e. The van der Waals surface area contributed by atoms with Crippen LogP contribution in [0.4, 0.5) is 0 Å². The summed E-state index contributed by atoms with van der Waals surface area (Å²) in [5.41, 5.74) is 0. The van der Waals surface area contributed by atoms with Gasteiger partial charge in [-0.3, -0.25) is 4.90 Å². The van der Waals surface area contributed by atoms with Crippen LogP contribution < -0.4 is 0 Å². The fraction of sp³-hybridized carbons (Fsp3) is 1.00. The SMILES string of the molecule is CCC(O)C(C)N1CCCC1C. The van der Waals surface area contributed by atoms with Crippen molar-refractivity contribution in [3.05, 3.63) is 0 Å². The zero-order valence-corrected chi connectivity index (χ0v) is 8.45. The van der Waals surface area contributed by atoms with Gasteiger partial charge >= 0.3 is 0 Å². The van der Waals surface area contributed by atoms with Gasteiger partial charge in [-0.25, -0.2) is 0 Å². The first-order chi connectivity index (χ1) is 5.66. The van der Waals surface area contributed by atoms with Crippen molar-refractivity contribution < 1.29 is 5.11 Å². The molecule has 3 atom stereocenters. The number of aliphatic hydroxyl groups excluding tert-OH is 1. The summed E-state index contributed by atoms with van der Waals surface area (Å²) in [6.45, 7) is 7.60. The standard InChI is InChI=1S/C10H21NO/c1-4-10(12)9(3)11-7-5-6-8(11)2/h8-10,12H,4-7H2,1-3H3. The third-order valence-electron chi connectivity index (χ3n) is 3.10. The zero-order valence-electron chi connectivity index (χ0n) is 8.45. The Morgan fingerprint density at radius 1 is 1.58 bits per heavy atom. The predicted octanol–water partition coefficient (Wildman–Crippen LogP) is 1.63. The summed E-state index contributed by atoms with van der Waals surface area (Å²) >= 11 is 0. The molecule has 3 unspecified atom stereocenters. The number of aliphatic hydroxyl groups is 1. The van der Waals surface area contributed by atoms with Crippen LogP contribution in [0.5, 0.6) is 0 Å². The molecule has 2 nitrogen and oxygen atoms in total. The molecule has 0 radical (unpaired) electrons. The van der Waals surface area contributed by atoms with Crippen molar-refractivity contribution in [2.45, 2.75) is 58.2 Å². The third kappa shape index (κ3) is 1.99. The maximum Gasteiger partial charge on any atom is 0.0690 e. The molecule has 0 spiro atoms. The van der Waals surface area contributed by atoms with E-state index >= 15 is 0 Å². The molecule has 1 saturated heterocycles. The van der Waals surface area contributed by atoms with Crippen LogP contribution in [0, 0.1) is 0 Å². The molecule has 0 aliphatic carbocycles. The molecule has 1 heterocycles. The van der Waals surface area contributed by atoms with Crippen molar-refractivity contribution in [1.29, 1.82) is 0 Å². The van der Waals surface area contributed by atoms with E-state index in [2.05, 4.69) is 18.7 Å². The summed E-state index contributed by atoms with van der Waals surface area (Å²) in [7, 11) is 0. The van der Waals surface area contributed by atoms with Gasteiger partial charge in [0.1, 0.15) is 0 Å². The zero-order chi connectivity index (χ0) is 9.14. The van der Waals surface area contributed by atoms with Gasteiger partial charge in [-0.15, -0.1) is 0 Å². The summed E-state index contributed by atoms with van der Waals surface area (Å²) in [5.74, 6) is 0. The number of hydrogen-bond acceptors (Lipinski definition) is 2. The Morgan fingerprint density at radius 3 is 2.67 bits per heavy atom. The van der Waals surface area contributed by atoms with E-state index in [4.69, 9.17) is 0 Å². The van der Waals surface area contributed by atoms with E-state index in [0.717, 1.165) is 6.42 Å². The highest BCUT2D eigenvalue weighted by atomic mass is 16.3. The second kappa shape index (κ2) is 4.24. The van der Waals surface area contributed by atoms with Crippen LogP contribution in [0.1, 0.15) is 40.0 Å². The number of rotatable bonds is 3. The quantitative estimate of drug-likeness (QED) is 0.697. The Bertz CT molecular complexity index is 138. The highest BCUT2D eigenvalue weighted by Gasteiger charge is 2.28. The summed E-state index contributed by atoms with van der Waals surface area (Å²) in [4.78, 5) is 2.42. The molecule has 0 amide bonds. The molecule has 0 aromatic rings. The normalized spacial score (nSPS) is 30.5. The fourth-order valence-corrected chi connectivity index (χ4v) is 2.12. The molecule has 0 aromatic carbocycles. The van der Waals surface area contributed by atoms with Gasteiger partial charge in [0.2, 0.25) is 0 Å². The lowest BCUT2D eigenvalue weighted by atomic mass is 10.1. The fourth-order valence-electron chi connectivity index (χ4n) is 2.12. The summed E-state index contributed by atoms with van der Waals surface area (Å²) in [6, 6.07) is 1.01. The van der Waals surface area contributed by atoms with Crippen LogP contribution in [0.15, 0.2) is 0 Å². The molecule has 0 aromatic heterocycles. The summed E-state index contributed by atoms with van der Waals surface area (Å²) in [6.07, 6.45) is 3.30. The molecule has 12 heavy (non-hydrogen) atoms. The smallest absolute Gasteiger partial charge is 0.0690 e. The lowest BCUT2D eigenvalue weighted by Crippen LogP contribution is -2.42. The van der Waals surface area contributed by atoms with Gasteiger partial charge in [0.15, 0.2) is 0 Å². The van der Waals surface area contributed by atoms with Crippen LogP contribution in [0.2, 0.25) is 0 Å². The molecule has 0 saturated carbocycles. The minimum Gasteiger partial charge on any atom is -0.392 e. The van der Waals surface area contributed by atoms with Crippen molar-refractivity contribution >= 4 is 0 Å². The van der Waals surface area contributed by atoms with E-state index in [0.29, 0.717) is 12.1 Å². The average molecular weight is 171 g/mol. The Labute approximate surface area is 75.6 Å². The second-order valence-corrected chi connectivity index (χ2v) is 3.95. The minimum absolute atomic E-state index is 0.148. The monoisotopic (exact) mass is 171 g/mol. The van der Waals surface area contributed by atoms with E-state index in [1.807, 2.05) is 6.92 Å². The molecule has 0 bridgehead atoms. The Balaban J connectivity index is 2.45. The predicted molar refractivity (Wildman–Crippen MR) is 51.2 cm³/mol. The summed E-state index contributed by atoms with van der Waals surface area (Å²) in [5, 5.41) is 9.66. The van der Waals surface area contributed by atoms with Gasteiger partial charge in [0.05, 0.1) is 6.10 Å². The lowest BCUT2D eigenvalue weighted by molar-refractivity contribution is 0.0525. The van der Waals surface area contributed by atoms with Crippen molar-refractivity contribution in [2.24, 2.45) is 0 Å². The highest BCUT2D eigenvalue weighted by Crippen LogP contribution is 2.21. The average Bonchev–Trinajstić information content (AvgIpc) is 2.48. The maximum absolute atomic E-state index is 9.66. The minimum atomic E-state index is -0.148. The van der Waals surface area contributed by atoms with Gasteiger partial charge in [0, 0.05) is 12.1 Å². The molecule has 1 fully saturated rings. The van der Waals surface area contributed by atoms with Gasteiger partial charge in [-0.2, -0.15) is 0 Å². The maximum atomic E-state index is 9.66. The van der Waals surface area contributed by atoms with Crippen LogP contribution in [0.25, 0.3) is 0 Å². The van der Waals surface area contributed by atoms with E-state index in [1.54, 1.807) is 0 Å². The van der Waals surface area contributed by atoms with Gasteiger partial charge in [-0.05, 0) is 39.7 Å². The molecule has 1 N–H and O–H groups in total. The molecular weight excluding hydrogens is 150 g/mol. The first-order valence-corrected chi connectivity index (χ1v) is 5.10. The summed E-state index contributed by atoms with van der Waals surface area (Å²) < 4.78 is 0. The van der Waals surface area contributed by atoms with Crippen LogP contribution >= 0.6 is 0 Å². The van der Waals surface area contributed by atoms with Crippen molar-refractivity contribution in [3.8, 4) is 0 Å². The van der Waals surface area contributed by atoms with Crippen molar-refractivity contribution in [3.63, 3.8) is 0 Å². The Kier molecular flexibility index (Phi) is 3.53. The molecule has 72 valence electrons. The van der Waals surface area contributed by atoms with E-state index in [9.17, 15) is 5.11 Å². The van der Waals surface area contributed by atoms with E-state index in [-0.39, 0.29) is 6.10 Å². The first-order valence-electron chi connectivity index (χ1n) is 5.10. The number of nitrogens with zero attached hydrogens (tertiary/aromatic N) is 1. The second-order valence-electron chi connectivity index (χ2n) is 3.95. The molecular formula is C10H21NO. The highest BCUT2D eigenvalue weighted by molar-refractivity contribution is 4.83. The van der Waals surface area contributed by atoms with Gasteiger partial charge in [0.25, 0.3) is 0 Å². The Hall–Kier alpha value is -0.0800. The molecule has 1 aliphatic heterocycles. The Morgan fingerprint density at radius 2 is 2.25 bits per heavy atom. The van der Waals surface area contributed by atoms with E-state index < -0.39 is 0 Å². The van der Waals surface area contributed by atoms with E-state index in [1.165, 1.54) is 19.4 Å². The lowest BCUT2D eigenvalue weighted by Gasteiger charge is -2.31. The van der Waals surface area contributed by atoms with Crippen molar-refractivity contribution in [1.82, 2.24) is 4.90 Å². The van der Waals surface area contributed by atoms with Gasteiger partial charge in [-0.1, -0.05) is 6.92 Å². The van der Waals surface area contributed by atoms with Crippen LogP contribution in [-0.4, -0.2) is 34.7 Å². The molecule has 2 heteroatoms. The van der Waals surface area contributed by atoms with Crippen LogP contribution in [0.3, 0.4) is 0 Å².